The van der Waals surface area contributed by atoms with E-state index in [0.717, 1.165) is 22.4 Å². The number of benzene rings is 3. The molecule has 6 rings (SSSR count). The molecule has 5 unspecified atom stereocenters. The number of nitrogens with two attached hydrogens (primary N) is 3. The maximum atomic E-state index is 14.2. The minimum Gasteiger partial charge on any atom is -0.457 e. The Labute approximate surface area is 255 Å². The Bertz CT molecular complexity index is 1600. The zero-order chi connectivity index (χ0) is 30.5. The predicted molar refractivity (Wildman–Crippen MR) is 167 cm³/mol. The molecule has 3 aliphatic rings. The molecular weight excluding hydrogens is 562 g/mol. The van der Waals surface area contributed by atoms with Gasteiger partial charge in [-0.15, -0.1) is 0 Å². The number of likely N-dealkylation sites (tertiary alicyclic amines) is 1. The van der Waals surface area contributed by atoms with E-state index >= 15 is 0 Å². The maximum absolute atomic E-state index is 14.2. The molecule has 0 bridgehead atoms. The van der Waals surface area contributed by atoms with Gasteiger partial charge < -0.3 is 32.2 Å². The quantitative estimate of drug-likeness (QED) is 0.313. The van der Waals surface area contributed by atoms with Crippen molar-refractivity contribution < 1.29 is 19.1 Å². The second kappa shape index (κ2) is 11.3. The summed E-state index contributed by atoms with van der Waals surface area (Å²) in [5, 5.41) is 2.67. The molecule has 5 atom stereocenters. The van der Waals surface area contributed by atoms with Gasteiger partial charge >= 0.3 is 0 Å². The number of carbonyl (C=O) groups excluding carboxylic acids is 3. The smallest absolute Gasteiger partial charge is 0.225 e. The lowest BCUT2D eigenvalue weighted by atomic mass is 9.65. The lowest BCUT2D eigenvalue weighted by Gasteiger charge is -2.42. The Morgan fingerprint density at radius 3 is 2.56 bits per heavy atom. The van der Waals surface area contributed by atoms with E-state index in [1.807, 2.05) is 62.4 Å². The summed E-state index contributed by atoms with van der Waals surface area (Å²) in [5.41, 5.74) is 22.2. The molecule has 43 heavy (non-hydrogen) atoms. The van der Waals surface area contributed by atoms with Gasteiger partial charge in [0.05, 0.1) is 17.3 Å². The fourth-order valence-electron chi connectivity index (χ4n) is 6.76. The number of thioether (sulfide) groups is 1. The first-order valence-electron chi connectivity index (χ1n) is 14.7. The minimum atomic E-state index is -1.51. The van der Waals surface area contributed by atoms with Crippen LogP contribution in [0.25, 0.3) is 0 Å². The standard InChI is InChI=1S/C33H37N5O4S/c1-3-25(39)38-15-7-8-19(17-38)31(41)37-32-27-26-23(13-14-24(34)29(26)43-32)33(36,30(40)28(27)35)22-12-11-21(16-18(22)2)42-20-9-5-4-6-10-20/h4-6,9-14,16,19,27-28,32H,3,7-8,15,17,34-36H2,1-2H3,(H,37,41). The number of carbonyl (C=O) groups is 3. The van der Waals surface area contributed by atoms with E-state index < -0.39 is 22.9 Å². The first-order valence-corrected chi connectivity index (χ1v) is 15.6. The molecule has 9 nitrogen and oxygen atoms in total. The molecule has 0 radical (unpaired) electrons. The second-order valence-electron chi connectivity index (χ2n) is 11.6. The molecule has 2 amide bonds. The van der Waals surface area contributed by atoms with Crippen LogP contribution in [-0.4, -0.2) is 47.0 Å². The fraction of sp³-hybridized carbons (Fsp3) is 0.364. The van der Waals surface area contributed by atoms with Gasteiger partial charge in [-0.3, -0.25) is 14.4 Å². The number of hydrogen-bond acceptors (Lipinski definition) is 8. The molecule has 0 aromatic heterocycles. The summed E-state index contributed by atoms with van der Waals surface area (Å²) in [6.07, 6.45) is 1.87. The number of nitrogens with one attached hydrogen (secondary N) is 1. The van der Waals surface area contributed by atoms with Crippen LogP contribution in [0.5, 0.6) is 11.5 Å². The number of anilines is 1. The number of ketones is 1. The number of nitrogens with zero attached hydrogens (tertiary/aromatic N) is 1. The first-order chi connectivity index (χ1) is 20.6. The summed E-state index contributed by atoms with van der Waals surface area (Å²) < 4.78 is 6.01. The third-order valence-corrected chi connectivity index (χ3v) is 10.3. The third kappa shape index (κ3) is 4.97. The molecule has 1 aliphatic carbocycles. The predicted octanol–water partition coefficient (Wildman–Crippen LogP) is 3.76. The molecule has 2 heterocycles. The highest BCUT2D eigenvalue weighted by Gasteiger charge is 2.56. The number of Topliss-reactive ketones (excluding diaryl/α,β-unsaturated/α-hetero) is 1. The summed E-state index contributed by atoms with van der Waals surface area (Å²) in [5.74, 6) is 0.0946. The second-order valence-corrected chi connectivity index (χ2v) is 12.8. The highest BCUT2D eigenvalue weighted by atomic mass is 32.2. The van der Waals surface area contributed by atoms with E-state index in [2.05, 4.69) is 5.32 Å². The van der Waals surface area contributed by atoms with Crippen molar-refractivity contribution in [2.45, 2.75) is 60.9 Å². The average Bonchev–Trinajstić information content (AvgIpc) is 3.39. The molecule has 2 aliphatic heterocycles. The number of rotatable bonds is 6. The first kappa shape index (κ1) is 29.2. The SMILES string of the molecule is CCC(=O)N1CCCC(C(=O)NC2Sc3c(N)ccc4c3C2C(N)C(=O)C4(N)c2ccc(Oc3ccccc3)cc2C)C1. The number of nitrogen functional groups attached to an aromatic ring is 1. The lowest BCUT2D eigenvalue weighted by molar-refractivity contribution is -0.135. The highest BCUT2D eigenvalue weighted by molar-refractivity contribution is 8.00. The summed E-state index contributed by atoms with van der Waals surface area (Å²) >= 11 is 1.42. The lowest BCUT2D eigenvalue weighted by Crippen LogP contribution is -2.61. The van der Waals surface area contributed by atoms with E-state index in [0.29, 0.717) is 54.2 Å². The van der Waals surface area contributed by atoms with Crippen molar-refractivity contribution in [3.05, 3.63) is 82.9 Å². The van der Waals surface area contributed by atoms with Crippen molar-refractivity contribution in [1.82, 2.24) is 10.2 Å². The van der Waals surface area contributed by atoms with Crippen LogP contribution in [0.15, 0.2) is 65.6 Å². The van der Waals surface area contributed by atoms with Crippen molar-refractivity contribution in [1.29, 1.82) is 0 Å². The Balaban J connectivity index is 1.31. The van der Waals surface area contributed by atoms with Crippen LogP contribution in [0, 0.1) is 12.8 Å². The van der Waals surface area contributed by atoms with Gasteiger partial charge in [0.25, 0.3) is 0 Å². The number of ether oxygens (including phenoxy) is 1. The molecule has 3 aromatic rings. The van der Waals surface area contributed by atoms with Crippen LogP contribution in [-0.2, 0) is 19.9 Å². The van der Waals surface area contributed by atoms with E-state index in [4.69, 9.17) is 21.9 Å². The van der Waals surface area contributed by atoms with Gasteiger partial charge in [-0.25, -0.2) is 0 Å². The van der Waals surface area contributed by atoms with Crippen molar-refractivity contribution in [3.8, 4) is 11.5 Å². The highest BCUT2D eigenvalue weighted by Crippen LogP contribution is 2.56. The van der Waals surface area contributed by atoms with Gasteiger partial charge in [-0.2, -0.15) is 0 Å². The molecule has 1 fully saturated rings. The number of amides is 2. The Morgan fingerprint density at radius 2 is 1.84 bits per heavy atom. The topological polar surface area (TPSA) is 154 Å². The average molecular weight is 600 g/mol. The van der Waals surface area contributed by atoms with Gasteiger partial charge in [0.15, 0.2) is 5.78 Å². The van der Waals surface area contributed by atoms with E-state index in [9.17, 15) is 14.4 Å². The van der Waals surface area contributed by atoms with Crippen LogP contribution in [0.2, 0.25) is 0 Å². The van der Waals surface area contributed by atoms with E-state index in [1.165, 1.54) is 11.8 Å². The summed E-state index contributed by atoms with van der Waals surface area (Å²) in [6.45, 7) is 4.78. The van der Waals surface area contributed by atoms with Gasteiger partial charge in [0.1, 0.15) is 17.0 Å². The molecule has 3 aromatic carbocycles. The number of aryl methyl sites for hydroxylation is 1. The van der Waals surface area contributed by atoms with Crippen LogP contribution in [0.3, 0.4) is 0 Å². The van der Waals surface area contributed by atoms with Crippen LogP contribution < -0.4 is 27.3 Å². The normalized spacial score (nSPS) is 26.1. The Hall–Kier alpha value is -3.86. The fourth-order valence-corrected chi connectivity index (χ4v) is 8.22. The zero-order valence-corrected chi connectivity index (χ0v) is 25.2. The summed E-state index contributed by atoms with van der Waals surface area (Å²) in [4.78, 5) is 42.6. The van der Waals surface area contributed by atoms with Crippen molar-refractivity contribution >= 4 is 35.0 Å². The Kier molecular flexibility index (Phi) is 7.70. The molecular formula is C33H37N5O4S. The van der Waals surface area contributed by atoms with Crippen molar-refractivity contribution in [2.24, 2.45) is 17.4 Å². The van der Waals surface area contributed by atoms with E-state index in [-0.39, 0.29) is 23.5 Å². The maximum Gasteiger partial charge on any atom is 0.225 e. The van der Waals surface area contributed by atoms with Gasteiger partial charge in [0.2, 0.25) is 11.8 Å². The van der Waals surface area contributed by atoms with Crippen LogP contribution in [0.1, 0.15) is 54.4 Å². The van der Waals surface area contributed by atoms with Crippen LogP contribution in [0.4, 0.5) is 5.69 Å². The number of piperidine rings is 1. The minimum absolute atomic E-state index is 0.0479. The molecule has 7 N–H and O–H groups in total. The number of para-hydroxylation sites is 1. The zero-order valence-electron chi connectivity index (χ0n) is 24.3. The summed E-state index contributed by atoms with van der Waals surface area (Å²) in [7, 11) is 0. The third-order valence-electron chi connectivity index (χ3n) is 8.97. The van der Waals surface area contributed by atoms with Gasteiger partial charge in [0, 0.05) is 36.0 Å². The largest absolute Gasteiger partial charge is 0.457 e. The Morgan fingerprint density at radius 1 is 1.09 bits per heavy atom. The van der Waals surface area contributed by atoms with Crippen molar-refractivity contribution in [2.75, 3.05) is 18.8 Å². The van der Waals surface area contributed by atoms with Crippen LogP contribution >= 0.6 is 11.8 Å². The van der Waals surface area contributed by atoms with Gasteiger partial charge in [-0.1, -0.05) is 49.0 Å². The molecule has 1 saturated heterocycles. The van der Waals surface area contributed by atoms with Crippen molar-refractivity contribution in [3.63, 3.8) is 0 Å². The molecule has 0 spiro atoms. The molecule has 0 saturated carbocycles. The molecule has 224 valence electrons. The van der Waals surface area contributed by atoms with E-state index in [1.54, 1.807) is 17.0 Å². The summed E-state index contributed by atoms with van der Waals surface area (Å²) in [6, 6.07) is 17.6. The monoisotopic (exact) mass is 599 g/mol. The van der Waals surface area contributed by atoms with Gasteiger partial charge in [-0.05, 0) is 72.4 Å². The molecule has 10 heteroatoms. The number of hydrogen-bond donors (Lipinski definition) is 4.